The molecular weight excluding hydrogens is 312 g/mol. The van der Waals surface area contributed by atoms with Gasteiger partial charge >= 0.3 is 0 Å². The Labute approximate surface area is 120 Å². The number of nitrogens with zero attached hydrogens (tertiary/aromatic N) is 1. The first-order valence-corrected chi connectivity index (χ1v) is 7.82. The number of hydrogen-bond acceptors (Lipinski definition) is 3. The Morgan fingerprint density at radius 3 is 2.72 bits per heavy atom. The quantitative estimate of drug-likeness (QED) is 0.382. The number of hydrogen-bond donors (Lipinski definition) is 2. The lowest BCUT2D eigenvalue weighted by Crippen LogP contribution is -2.15. The van der Waals surface area contributed by atoms with Crippen molar-refractivity contribution < 1.29 is 5.21 Å². The van der Waals surface area contributed by atoms with E-state index in [2.05, 4.69) is 21.1 Å². The van der Waals surface area contributed by atoms with E-state index in [1.54, 1.807) is 0 Å². The lowest BCUT2D eigenvalue weighted by atomic mass is 10.0. The SMILES string of the molecule is N/C(=N/O)c1cc(Br)ccc1SC1CCCCC1. The minimum absolute atomic E-state index is 0.176. The van der Waals surface area contributed by atoms with Gasteiger partial charge in [-0.05, 0) is 31.0 Å². The van der Waals surface area contributed by atoms with Crippen molar-refractivity contribution in [2.24, 2.45) is 10.9 Å². The highest BCUT2D eigenvalue weighted by molar-refractivity contribution is 9.10. The van der Waals surface area contributed by atoms with Crippen LogP contribution in [0.1, 0.15) is 37.7 Å². The molecule has 0 amide bonds. The second-order valence-corrected chi connectivity index (χ2v) is 6.76. The van der Waals surface area contributed by atoms with E-state index in [-0.39, 0.29) is 5.84 Å². The Morgan fingerprint density at radius 1 is 1.33 bits per heavy atom. The van der Waals surface area contributed by atoms with E-state index in [0.29, 0.717) is 5.25 Å². The van der Waals surface area contributed by atoms with Gasteiger partial charge in [-0.25, -0.2) is 0 Å². The Kier molecular flexibility index (Phi) is 4.95. The Bertz CT molecular complexity index is 445. The Balaban J connectivity index is 2.20. The highest BCUT2D eigenvalue weighted by Crippen LogP contribution is 2.36. The summed E-state index contributed by atoms with van der Waals surface area (Å²) < 4.78 is 0.942. The molecule has 0 atom stereocenters. The largest absolute Gasteiger partial charge is 0.409 e. The first kappa shape index (κ1) is 13.7. The van der Waals surface area contributed by atoms with Crippen LogP contribution in [-0.4, -0.2) is 16.3 Å². The molecule has 98 valence electrons. The van der Waals surface area contributed by atoms with Crippen LogP contribution in [-0.2, 0) is 0 Å². The number of rotatable bonds is 3. The first-order valence-electron chi connectivity index (χ1n) is 6.15. The predicted molar refractivity (Wildman–Crippen MR) is 79.4 cm³/mol. The molecule has 0 bridgehead atoms. The van der Waals surface area contributed by atoms with Crippen molar-refractivity contribution in [3.05, 3.63) is 28.2 Å². The summed E-state index contributed by atoms with van der Waals surface area (Å²) >= 11 is 5.27. The molecule has 0 spiro atoms. The number of halogens is 1. The zero-order chi connectivity index (χ0) is 13.0. The zero-order valence-corrected chi connectivity index (χ0v) is 12.5. The van der Waals surface area contributed by atoms with E-state index in [9.17, 15) is 0 Å². The monoisotopic (exact) mass is 328 g/mol. The van der Waals surface area contributed by atoms with E-state index in [1.807, 2.05) is 30.0 Å². The Hall–Kier alpha value is -0.680. The number of benzene rings is 1. The summed E-state index contributed by atoms with van der Waals surface area (Å²) in [6.45, 7) is 0. The molecule has 1 aliphatic carbocycles. The summed E-state index contributed by atoms with van der Waals surface area (Å²) in [4.78, 5) is 1.10. The van der Waals surface area contributed by atoms with Gasteiger partial charge in [0.1, 0.15) is 0 Å². The highest BCUT2D eigenvalue weighted by Gasteiger charge is 2.17. The average Bonchev–Trinajstić information content (AvgIpc) is 2.41. The normalized spacial score (nSPS) is 17.9. The minimum atomic E-state index is 0.176. The second-order valence-electron chi connectivity index (χ2n) is 4.50. The van der Waals surface area contributed by atoms with Gasteiger partial charge < -0.3 is 10.9 Å². The van der Waals surface area contributed by atoms with Gasteiger partial charge in [0.25, 0.3) is 0 Å². The van der Waals surface area contributed by atoms with Crippen LogP contribution in [0.15, 0.2) is 32.7 Å². The third-order valence-electron chi connectivity index (χ3n) is 3.17. The number of oxime groups is 1. The van der Waals surface area contributed by atoms with E-state index >= 15 is 0 Å². The van der Waals surface area contributed by atoms with Gasteiger partial charge in [-0.1, -0.05) is 40.3 Å². The lowest BCUT2D eigenvalue weighted by molar-refractivity contribution is 0.318. The molecule has 1 saturated carbocycles. The fraction of sp³-hybridized carbons (Fsp3) is 0.462. The molecule has 0 aromatic heterocycles. The van der Waals surface area contributed by atoms with Gasteiger partial charge in [-0.2, -0.15) is 0 Å². The topological polar surface area (TPSA) is 58.6 Å². The molecular formula is C13H17BrN2OS. The molecule has 0 heterocycles. The van der Waals surface area contributed by atoms with Gasteiger partial charge in [-0.15, -0.1) is 11.8 Å². The number of nitrogens with two attached hydrogens (primary N) is 1. The molecule has 2 rings (SSSR count). The lowest BCUT2D eigenvalue weighted by Gasteiger charge is -2.22. The molecule has 5 heteroatoms. The number of amidine groups is 1. The maximum Gasteiger partial charge on any atom is 0.171 e. The third kappa shape index (κ3) is 3.42. The summed E-state index contributed by atoms with van der Waals surface area (Å²) in [6, 6.07) is 5.94. The molecule has 3 nitrogen and oxygen atoms in total. The van der Waals surface area contributed by atoms with Crippen LogP contribution in [0.4, 0.5) is 0 Å². The summed E-state index contributed by atoms with van der Waals surface area (Å²) in [5.41, 5.74) is 6.54. The van der Waals surface area contributed by atoms with Crippen molar-refractivity contribution in [1.82, 2.24) is 0 Å². The molecule has 1 aromatic carbocycles. The van der Waals surface area contributed by atoms with Crippen LogP contribution in [0, 0.1) is 0 Å². The summed E-state index contributed by atoms with van der Waals surface area (Å²) in [5, 5.41) is 12.6. The minimum Gasteiger partial charge on any atom is -0.409 e. The van der Waals surface area contributed by atoms with Crippen LogP contribution >= 0.6 is 27.7 Å². The van der Waals surface area contributed by atoms with E-state index in [0.717, 1.165) is 14.9 Å². The maximum atomic E-state index is 8.85. The molecule has 1 aromatic rings. The highest BCUT2D eigenvalue weighted by atomic mass is 79.9. The van der Waals surface area contributed by atoms with E-state index < -0.39 is 0 Å². The molecule has 1 aliphatic rings. The van der Waals surface area contributed by atoms with Crippen LogP contribution in [0.25, 0.3) is 0 Å². The third-order valence-corrected chi connectivity index (χ3v) is 5.08. The van der Waals surface area contributed by atoms with Gasteiger partial charge in [0.15, 0.2) is 5.84 Å². The molecule has 0 unspecified atom stereocenters. The van der Waals surface area contributed by atoms with E-state index in [4.69, 9.17) is 10.9 Å². The fourth-order valence-corrected chi connectivity index (χ4v) is 3.95. The molecule has 0 saturated heterocycles. The molecule has 0 radical (unpaired) electrons. The standard InChI is InChI=1S/C13H17BrN2OS/c14-9-6-7-12(11(8-9)13(15)16-17)18-10-4-2-1-3-5-10/h6-8,10,17H,1-5H2,(H2,15,16). The summed E-state index contributed by atoms with van der Waals surface area (Å²) in [5.74, 6) is 0.176. The van der Waals surface area contributed by atoms with Crippen molar-refractivity contribution >= 4 is 33.5 Å². The van der Waals surface area contributed by atoms with Gasteiger partial charge in [-0.3, -0.25) is 0 Å². The van der Waals surface area contributed by atoms with Gasteiger partial charge in [0.05, 0.1) is 0 Å². The predicted octanol–water partition coefficient (Wildman–Crippen LogP) is 3.97. The van der Waals surface area contributed by atoms with Crippen LogP contribution < -0.4 is 5.73 Å². The summed E-state index contributed by atoms with van der Waals surface area (Å²) in [6.07, 6.45) is 6.50. The van der Waals surface area contributed by atoms with Crippen LogP contribution in [0.3, 0.4) is 0 Å². The van der Waals surface area contributed by atoms with E-state index in [1.165, 1.54) is 32.1 Å². The molecule has 3 N–H and O–H groups in total. The van der Waals surface area contributed by atoms with Gasteiger partial charge in [0.2, 0.25) is 0 Å². The zero-order valence-electron chi connectivity index (χ0n) is 10.1. The fourth-order valence-electron chi connectivity index (χ4n) is 2.22. The Morgan fingerprint density at radius 2 is 2.06 bits per heavy atom. The van der Waals surface area contributed by atoms with Crippen molar-refractivity contribution in [3.63, 3.8) is 0 Å². The molecule has 18 heavy (non-hydrogen) atoms. The average molecular weight is 329 g/mol. The second kappa shape index (κ2) is 6.48. The number of thioether (sulfide) groups is 1. The summed E-state index contributed by atoms with van der Waals surface area (Å²) in [7, 11) is 0. The van der Waals surface area contributed by atoms with Crippen molar-refractivity contribution in [1.29, 1.82) is 0 Å². The van der Waals surface area contributed by atoms with Crippen molar-refractivity contribution in [2.75, 3.05) is 0 Å². The van der Waals surface area contributed by atoms with Crippen LogP contribution in [0.2, 0.25) is 0 Å². The maximum absolute atomic E-state index is 8.85. The van der Waals surface area contributed by atoms with Crippen molar-refractivity contribution in [3.8, 4) is 0 Å². The molecule has 0 aliphatic heterocycles. The first-order chi connectivity index (χ1) is 8.70. The van der Waals surface area contributed by atoms with Gasteiger partial charge in [0, 0.05) is 20.2 Å². The van der Waals surface area contributed by atoms with Crippen molar-refractivity contribution in [2.45, 2.75) is 42.2 Å². The van der Waals surface area contributed by atoms with Crippen LogP contribution in [0.5, 0.6) is 0 Å². The smallest absolute Gasteiger partial charge is 0.171 e. The molecule has 1 fully saturated rings.